The average Bonchev–Trinajstić information content (AvgIpc) is 2.64. The third-order valence-corrected chi connectivity index (χ3v) is 5.54. The standard InChI is InChI=1S/C20H27ClN2O3/c1-14(24)23-11-9-17(10-12-23)26-19-8-7-15(21)13-18(19)20(25)22-16-5-3-2-4-6-16/h7-8,13,16-17H,2-6,9-12H2,1H3,(H,22,25). The van der Waals surface area contributed by atoms with E-state index in [1.807, 2.05) is 4.90 Å². The topological polar surface area (TPSA) is 58.6 Å². The van der Waals surface area contributed by atoms with Crippen LogP contribution in [0.15, 0.2) is 18.2 Å². The molecule has 0 radical (unpaired) electrons. The Balaban J connectivity index is 1.66. The molecule has 1 aliphatic carbocycles. The van der Waals surface area contributed by atoms with E-state index in [1.165, 1.54) is 19.3 Å². The van der Waals surface area contributed by atoms with E-state index in [4.69, 9.17) is 16.3 Å². The molecule has 3 rings (SSSR count). The van der Waals surface area contributed by atoms with Crippen molar-refractivity contribution in [1.82, 2.24) is 10.2 Å². The van der Waals surface area contributed by atoms with Crippen molar-refractivity contribution in [3.05, 3.63) is 28.8 Å². The van der Waals surface area contributed by atoms with Gasteiger partial charge in [0.25, 0.3) is 5.91 Å². The number of hydrogen-bond donors (Lipinski definition) is 1. The number of nitrogens with one attached hydrogen (secondary N) is 1. The van der Waals surface area contributed by atoms with Crippen LogP contribution < -0.4 is 10.1 Å². The van der Waals surface area contributed by atoms with Crippen molar-refractivity contribution in [3.63, 3.8) is 0 Å². The van der Waals surface area contributed by atoms with Crippen LogP contribution in [-0.2, 0) is 4.79 Å². The lowest BCUT2D eigenvalue weighted by Crippen LogP contribution is -2.41. The van der Waals surface area contributed by atoms with E-state index in [1.54, 1.807) is 25.1 Å². The van der Waals surface area contributed by atoms with Gasteiger partial charge in [-0.05, 0) is 31.0 Å². The second kappa shape index (κ2) is 8.76. The van der Waals surface area contributed by atoms with Crippen molar-refractivity contribution < 1.29 is 14.3 Å². The molecule has 0 atom stereocenters. The van der Waals surface area contributed by atoms with Crippen LogP contribution in [0.2, 0.25) is 5.02 Å². The lowest BCUT2D eigenvalue weighted by atomic mass is 9.95. The molecule has 1 N–H and O–H groups in total. The quantitative estimate of drug-likeness (QED) is 0.867. The summed E-state index contributed by atoms with van der Waals surface area (Å²) >= 11 is 6.12. The number of ether oxygens (including phenoxy) is 1. The number of carbonyl (C=O) groups is 2. The van der Waals surface area contributed by atoms with E-state index in [2.05, 4.69) is 5.32 Å². The predicted octanol–water partition coefficient (Wildman–Crippen LogP) is 3.79. The highest BCUT2D eigenvalue weighted by molar-refractivity contribution is 6.31. The zero-order valence-corrected chi connectivity index (χ0v) is 16.1. The summed E-state index contributed by atoms with van der Waals surface area (Å²) in [4.78, 5) is 26.0. The number of rotatable bonds is 4. The van der Waals surface area contributed by atoms with Crippen molar-refractivity contribution in [2.45, 2.75) is 64.0 Å². The maximum Gasteiger partial charge on any atom is 0.255 e. The summed E-state index contributed by atoms with van der Waals surface area (Å²) < 4.78 is 6.12. The van der Waals surface area contributed by atoms with Crippen LogP contribution in [-0.4, -0.2) is 41.9 Å². The van der Waals surface area contributed by atoms with E-state index in [9.17, 15) is 9.59 Å². The second-order valence-electron chi connectivity index (χ2n) is 7.27. The van der Waals surface area contributed by atoms with Crippen LogP contribution in [0.5, 0.6) is 5.75 Å². The average molecular weight is 379 g/mol. The Morgan fingerprint density at radius 3 is 2.46 bits per heavy atom. The first-order valence-corrected chi connectivity index (χ1v) is 9.93. The number of hydrogen-bond acceptors (Lipinski definition) is 3. The van der Waals surface area contributed by atoms with Crippen LogP contribution in [0.1, 0.15) is 62.2 Å². The smallest absolute Gasteiger partial charge is 0.255 e. The predicted molar refractivity (Wildman–Crippen MR) is 102 cm³/mol. The maximum absolute atomic E-state index is 12.8. The maximum atomic E-state index is 12.8. The summed E-state index contributed by atoms with van der Waals surface area (Å²) in [6, 6.07) is 5.44. The Hall–Kier alpha value is -1.75. The van der Waals surface area contributed by atoms with Gasteiger partial charge in [-0.2, -0.15) is 0 Å². The van der Waals surface area contributed by atoms with E-state index < -0.39 is 0 Å². The number of amides is 2. The van der Waals surface area contributed by atoms with E-state index in [0.717, 1.165) is 25.7 Å². The highest BCUT2D eigenvalue weighted by atomic mass is 35.5. The summed E-state index contributed by atoms with van der Waals surface area (Å²) in [5.74, 6) is 0.557. The molecule has 1 aliphatic heterocycles. The van der Waals surface area contributed by atoms with Gasteiger partial charge in [0.2, 0.25) is 5.91 Å². The summed E-state index contributed by atoms with van der Waals surface area (Å²) in [6.07, 6.45) is 7.19. The first-order valence-electron chi connectivity index (χ1n) is 9.55. The molecule has 1 aromatic rings. The normalized spacial score (nSPS) is 19.2. The number of nitrogens with zero attached hydrogens (tertiary/aromatic N) is 1. The molecule has 1 heterocycles. The molecule has 0 unspecified atom stereocenters. The minimum Gasteiger partial charge on any atom is -0.489 e. The van der Waals surface area contributed by atoms with E-state index in [0.29, 0.717) is 29.4 Å². The van der Waals surface area contributed by atoms with Crippen LogP contribution in [0.25, 0.3) is 0 Å². The molecule has 142 valence electrons. The van der Waals surface area contributed by atoms with Crippen molar-refractivity contribution in [1.29, 1.82) is 0 Å². The highest BCUT2D eigenvalue weighted by Crippen LogP contribution is 2.27. The molecule has 0 spiro atoms. The van der Waals surface area contributed by atoms with Gasteiger partial charge in [0.05, 0.1) is 5.56 Å². The SMILES string of the molecule is CC(=O)N1CCC(Oc2ccc(Cl)cc2C(=O)NC2CCCCC2)CC1. The van der Waals surface area contributed by atoms with Crippen molar-refractivity contribution in [3.8, 4) is 5.75 Å². The molecule has 0 bridgehead atoms. The van der Waals surface area contributed by atoms with Crippen LogP contribution in [0.3, 0.4) is 0 Å². The third-order valence-electron chi connectivity index (χ3n) is 5.31. The monoisotopic (exact) mass is 378 g/mol. The fraction of sp³-hybridized carbons (Fsp3) is 0.600. The zero-order valence-electron chi connectivity index (χ0n) is 15.3. The van der Waals surface area contributed by atoms with Gasteiger partial charge < -0.3 is 15.0 Å². The van der Waals surface area contributed by atoms with Gasteiger partial charge in [-0.15, -0.1) is 0 Å². The van der Waals surface area contributed by atoms with Gasteiger partial charge in [-0.25, -0.2) is 0 Å². The zero-order chi connectivity index (χ0) is 18.5. The molecule has 1 saturated carbocycles. The van der Waals surface area contributed by atoms with Gasteiger partial charge in [-0.3, -0.25) is 9.59 Å². The Kier molecular flexibility index (Phi) is 6.41. The number of piperidine rings is 1. The minimum absolute atomic E-state index is 0.00741. The molecule has 2 amide bonds. The lowest BCUT2D eigenvalue weighted by Gasteiger charge is -2.32. The highest BCUT2D eigenvalue weighted by Gasteiger charge is 2.25. The molecular weight excluding hydrogens is 352 g/mol. The first-order chi connectivity index (χ1) is 12.5. The molecule has 26 heavy (non-hydrogen) atoms. The number of halogens is 1. The molecular formula is C20H27ClN2O3. The van der Waals surface area contributed by atoms with E-state index >= 15 is 0 Å². The summed E-state index contributed by atoms with van der Waals surface area (Å²) in [5, 5.41) is 3.66. The Morgan fingerprint density at radius 1 is 1.12 bits per heavy atom. The summed E-state index contributed by atoms with van der Waals surface area (Å²) in [5.41, 5.74) is 0.497. The van der Waals surface area contributed by atoms with Gasteiger partial charge in [0.15, 0.2) is 0 Å². The van der Waals surface area contributed by atoms with Gasteiger partial charge in [0.1, 0.15) is 11.9 Å². The molecule has 2 fully saturated rings. The molecule has 1 aromatic carbocycles. The Labute approximate surface area is 160 Å². The number of carbonyl (C=O) groups excluding carboxylic acids is 2. The molecule has 5 nitrogen and oxygen atoms in total. The molecule has 0 aromatic heterocycles. The third kappa shape index (κ3) is 4.91. The van der Waals surface area contributed by atoms with Crippen LogP contribution in [0, 0.1) is 0 Å². The summed E-state index contributed by atoms with van der Waals surface area (Å²) in [7, 11) is 0. The molecule has 2 aliphatic rings. The minimum atomic E-state index is -0.115. The largest absolute Gasteiger partial charge is 0.489 e. The molecule has 6 heteroatoms. The number of benzene rings is 1. The fourth-order valence-corrected chi connectivity index (χ4v) is 3.93. The van der Waals surface area contributed by atoms with Crippen molar-refractivity contribution in [2.24, 2.45) is 0 Å². The summed E-state index contributed by atoms with van der Waals surface area (Å²) in [6.45, 7) is 2.97. The number of likely N-dealkylation sites (tertiary alicyclic amines) is 1. The fourth-order valence-electron chi connectivity index (χ4n) is 3.76. The van der Waals surface area contributed by atoms with Crippen molar-refractivity contribution in [2.75, 3.05) is 13.1 Å². The van der Waals surface area contributed by atoms with Crippen molar-refractivity contribution >= 4 is 23.4 Å². The van der Waals surface area contributed by atoms with Gasteiger partial charge >= 0.3 is 0 Å². The van der Waals surface area contributed by atoms with Crippen LogP contribution >= 0.6 is 11.6 Å². The lowest BCUT2D eigenvalue weighted by molar-refractivity contribution is -0.130. The van der Waals surface area contributed by atoms with Crippen LogP contribution in [0.4, 0.5) is 0 Å². The molecule has 1 saturated heterocycles. The Bertz CT molecular complexity index is 650. The Morgan fingerprint density at radius 2 is 1.81 bits per heavy atom. The van der Waals surface area contributed by atoms with Gasteiger partial charge in [-0.1, -0.05) is 30.9 Å². The second-order valence-corrected chi connectivity index (χ2v) is 7.71. The van der Waals surface area contributed by atoms with E-state index in [-0.39, 0.29) is 24.0 Å². The van der Waals surface area contributed by atoms with Gasteiger partial charge in [0, 0.05) is 43.9 Å². The first kappa shape index (κ1) is 19.0.